The van der Waals surface area contributed by atoms with E-state index in [1.54, 1.807) is 0 Å². The summed E-state index contributed by atoms with van der Waals surface area (Å²) < 4.78 is 46.0. The molecule has 32 heavy (non-hydrogen) atoms. The Morgan fingerprint density at radius 1 is 1.12 bits per heavy atom. The largest absolute Gasteiger partial charge is 0.478 e. The first kappa shape index (κ1) is 22.5. The number of hydrogen-bond donors (Lipinski definition) is 1. The molecule has 0 atom stereocenters. The normalized spacial score (nSPS) is 12.9. The van der Waals surface area contributed by atoms with Crippen LogP contribution in [0.3, 0.4) is 0 Å². The highest BCUT2D eigenvalue weighted by atomic mass is 19.2. The lowest BCUT2D eigenvalue weighted by Crippen LogP contribution is -2.42. The minimum Gasteiger partial charge on any atom is -0.478 e. The molecule has 0 spiro atoms. The monoisotopic (exact) mass is 447 g/mol. The Morgan fingerprint density at radius 2 is 1.84 bits per heavy atom. The maximum atomic E-state index is 14.1. The lowest BCUT2D eigenvalue weighted by atomic mass is 10.0. The molecule has 0 aromatic heterocycles. The van der Waals surface area contributed by atoms with Crippen molar-refractivity contribution in [1.29, 1.82) is 0 Å². The zero-order chi connectivity index (χ0) is 23.6. The van der Waals surface area contributed by atoms with Gasteiger partial charge in [0.2, 0.25) is 0 Å². The third-order valence-corrected chi connectivity index (χ3v) is 4.52. The average Bonchev–Trinajstić information content (AvgIpc) is 2.76. The van der Waals surface area contributed by atoms with E-state index < -0.39 is 41.1 Å². The van der Waals surface area contributed by atoms with Gasteiger partial charge < -0.3 is 9.84 Å². The van der Waals surface area contributed by atoms with Crippen molar-refractivity contribution in [2.24, 2.45) is 4.99 Å². The predicted octanol–water partition coefficient (Wildman–Crippen LogP) is 3.67. The van der Waals surface area contributed by atoms with Crippen LogP contribution < -0.4 is 9.64 Å². The van der Waals surface area contributed by atoms with Crippen LogP contribution in [0.4, 0.5) is 23.7 Å². The molecule has 1 heterocycles. The minimum atomic E-state index is -1.72. The molecular weight excluding hydrogens is 431 g/mol. The van der Waals surface area contributed by atoms with Crippen molar-refractivity contribution in [1.82, 2.24) is 4.90 Å². The van der Waals surface area contributed by atoms with Gasteiger partial charge in [-0.1, -0.05) is 12.1 Å². The van der Waals surface area contributed by atoms with Crippen LogP contribution in [0.5, 0.6) is 5.75 Å². The molecule has 2 amide bonds. The lowest BCUT2D eigenvalue weighted by molar-refractivity contribution is -0.131. The highest BCUT2D eigenvalue weighted by Gasteiger charge is 2.27. The number of hydrogen-bond acceptors (Lipinski definition) is 5. The Kier molecular flexibility index (Phi) is 6.28. The van der Waals surface area contributed by atoms with Crippen molar-refractivity contribution < 1.29 is 37.4 Å². The number of esters is 1. The first-order valence-electron chi connectivity index (χ1n) is 9.07. The molecule has 2 aromatic rings. The Bertz CT molecular complexity index is 1180. The zero-order valence-corrected chi connectivity index (χ0v) is 16.8. The number of anilines is 1. The van der Waals surface area contributed by atoms with Crippen molar-refractivity contribution in [3.63, 3.8) is 0 Å². The van der Waals surface area contributed by atoms with Crippen LogP contribution in [-0.2, 0) is 4.79 Å². The molecule has 0 saturated carbocycles. The fourth-order valence-corrected chi connectivity index (χ4v) is 3.02. The van der Waals surface area contributed by atoms with Gasteiger partial charge >= 0.3 is 18.0 Å². The molecule has 0 aliphatic carbocycles. The number of carbonyl (C=O) groups is 3. The smallest absolute Gasteiger partial charge is 0.339 e. The van der Waals surface area contributed by atoms with Crippen molar-refractivity contribution in [3.05, 3.63) is 65.1 Å². The number of benzene rings is 2. The van der Waals surface area contributed by atoms with E-state index in [0.717, 1.165) is 29.1 Å². The maximum absolute atomic E-state index is 14.1. The van der Waals surface area contributed by atoms with Crippen molar-refractivity contribution in [3.8, 4) is 5.75 Å². The van der Waals surface area contributed by atoms with Gasteiger partial charge in [0.1, 0.15) is 5.56 Å². The SMILES string of the molecule is CC(=O)Oc1c(C(=O)O)cccc1C1=CN=CN(C(=O)N(C)c2ccc(F)c(F)c2F)C1. The van der Waals surface area contributed by atoms with E-state index in [4.69, 9.17) is 4.74 Å². The third-order valence-electron chi connectivity index (χ3n) is 4.52. The summed E-state index contributed by atoms with van der Waals surface area (Å²) in [6.45, 7) is 0.951. The Morgan fingerprint density at radius 3 is 2.50 bits per heavy atom. The number of carboxylic acid groups (broad SMARTS) is 1. The Hall–Kier alpha value is -4.15. The number of aromatic carboxylic acids is 1. The molecule has 2 aromatic carbocycles. The van der Waals surface area contributed by atoms with E-state index in [0.29, 0.717) is 11.6 Å². The molecule has 0 radical (unpaired) electrons. The molecule has 0 bridgehead atoms. The topological polar surface area (TPSA) is 99.5 Å². The number of urea groups is 1. The zero-order valence-electron chi connectivity index (χ0n) is 16.8. The fraction of sp³-hybridized carbons (Fsp3) is 0.143. The van der Waals surface area contributed by atoms with Crippen molar-refractivity contribution in [2.45, 2.75) is 6.92 Å². The number of para-hydroxylation sites is 1. The summed E-state index contributed by atoms with van der Waals surface area (Å²) in [5.41, 5.74) is -0.241. The van der Waals surface area contributed by atoms with Crippen LogP contribution >= 0.6 is 0 Å². The first-order chi connectivity index (χ1) is 15.1. The number of rotatable bonds is 4. The van der Waals surface area contributed by atoms with Crippen LogP contribution in [0, 0.1) is 17.5 Å². The molecule has 11 heteroatoms. The number of halogens is 3. The number of nitrogens with zero attached hydrogens (tertiary/aromatic N) is 3. The molecule has 0 unspecified atom stereocenters. The summed E-state index contributed by atoms with van der Waals surface area (Å²) in [5.74, 6) is -6.94. The maximum Gasteiger partial charge on any atom is 0.339 e. The van der Waals surface area contributed by atoms with Crippen LogP contribution in [0.15, 0.2) is 41.5 Å². The van der Waals surface area contributed by atoms with E-state index >= 15 is 0 Å². The highest BCUT2D eigenvalue weighted by molar-refractivity contribution is 6.01. The Labute approximate surface area is 179 Å². The Balaban J connectivity index is 1.92. The van der Waals surface area contributed by atoms with Gasteiger partial charge in [-0.15, -0.1) is 0 Å². The number of ether oxygens (including phenoxy) is 1. The third kappa shape index (κ3) is 4.31. The minimum absolute atomic E-state index is 0.157. The second-order valence-corrected chi connectivity index (χ2v) is 6.66. The predicted molar refractivity (Wildman–Crippen MR) is 108 cm³/mol. The standard InChI is InChI=1S/C21H16F3N3O5/c1-11(28)32-19-13(4-3-5-14(19)20(29)30)12-8-25-10-27(9-12)21(31)26(2)16-7-6-15(22)17(23)18(16)24/h3-8,10H,9H2,1-2H3,(H,29,30). The summed E-state index contributed by atoms with van der Waals surface area (Å²) in [5, 5.41) is 9.40. The van der Waals surface area contributed by atoms with E-state index in [-0.39, 0.29) is 23.4 Å². The van der Waals surface area contributed by atoms with Crippen molar-refractivity contribution >= 4 is 35.6 Å². The van der Waals surface area contributed by atoms with E-state index in [1.807, 2.05) is 0 Å². The molecule has 1 N–H and O–H groups in total. The second kappa shape index (κ2) is 8.92. The molecule has 3 rings (SSSR count). The highest BCUT2D eigenvalue weighted by Crippen LogP contribution is 2.32. The quantitative estimate of drug-likeness (QED) is 0.438. The van der Waals surface area contributed by atoms with Gasteiger partial charge in [-0.3, -0.25) is 14.6 Å². The first-order valence-corrected chi connectivity index (χ1v) is 9.07. The fourth-order valence-electron chi connectivity index (χ4n) is 3.02. The van der Waals surface area contributed by atoms with Crippen molar-refractivity contribution in [2.75, 3.05) is 18.5 Å². The second-order valence-electron chi connectivity index (χ2n) is 6.66. The van der Waals surface area contributed by atoms with Gasteiger partial charge in [0.25, 0.3) is 0 Å². The molecule has 8 nitrogen and oxygen atoms in total. The van der Waals surface area contributed by atoms with Gasteiger partial charge in [-0.25, -0.2) is 27.8 Å². The summed E-state index contributed by atoms with van der Waals surface area (Å²) in [7, 11) is 1.17. The van der Waals surface area contributed by atoms with E-state index in [1.165, 1.54) is 31.4 Å². The van der Waals surface area contributed by atoms with E-state index in [2.05, 4.69) is 4.99 Å². The van der Waals surface area contributed by atoms with Gasteiger partial charge in [0.15, 0.2) is 23.2 Å². The van der Waals surface area contributed by atoms with Gasteiger partial charge in [0.05, 0.1) is 18.6 Å². The summed E-state index contributed by atoms with van der Waals surface area (Å²) in [6.07, 6.45) is 2.47. The van der Waals surface area contributed by atoms with Gasteiger partial charge in [-0.05, 0) is 18.2 Å². The van der Waals surface area contributed by atoms with Crippen LogP contribution in [-0.4, -0.2) is 47.9 Å². The van der Waals surface area contributed by atoms with Crippen LogP contribution in [0.1, 0.15) is 22.8 Å². The lowest BCUT2D eigenvalue weighted by Gasteiger charge is -2.28. The molecule has 1 aliphatic rings. The molecule has 0 fully saturated rings. The number of carboxylic acids is 1. The molecular formula is C21H16F3N3O5. The number of carbonyl (C=O) groups excluding carboxylic acids is 2. The van der Waals surface area contributed by atoms with E-state index in [9.17, 15) is 32.7 Å². The molecule has 166 valence electrons. The summed E-state index contributed by atoms with van der Waals surface area (Å²) in [4.78, 5) is 41.6. The van der Waals surface area contributed by atoms with Crippen LogP contribution in [0.2, 0.25) is 0 Å². The number of amides is 2. The number of aliphatic imine (C=N–C) groups is 1. The molecule has 0 saturated heterocycles. The van der Waals surface area contributed by atoms with Crippen LogP contribution in [0.25, 0.3) is 5.57 Å². The van der Waals surface area contributed by atoms with Gasteiger partial charge in [-0.2, -0.15) is 0 Å². The average molecular weight is 447 g/mol. The summed E-state index contributed by atoms with van der Waals surface area (Å²) >= 11 is 0. The summed E-state index contributed by atoms with van der Waals surface area (Å²) in [6, 6.07) is 4.94. The van der Waals surface area contributed by atoms with Gasteiger partial charge in [0, 0.05) is 31.3 Å². The molecule has 1 aliphatic heterocycles.